The van der Waals surface area contributed by atoms with E-state index in [2.05, 4.69) is 4.28 Å². The average molecular weight is 255 g/mol. The second-order valence-corrected chi connectivity index (χ2v) is 4.71. The topological polar surface area (TPSA) is 63.7 Å². The van der Waals surface area contributed by atoms with Gasteiger partial charge in [-0.05, 0) is 19.1 Å². The number of likely N-dealkylation sites (N-methyl/N-ethyl adjacent to an activating group) is 1. The second kappa shape index (κ2) is 5.60. The van der Waals surface area contributed by atoms with E-state index < -0.39 is 16.0 Å². The molecule has 0 heterocycles. The van der Waals surface area contributed by atoms with Crippen LogP contribution in [0, 0.1) is 0 Å². The third kappa shape index (κ3) is 3.69. The highest BCUT2D eigenvalue weighted by Crippen LogP contribution is 2.12. The van der Waals surface area contributed by atoms with E-state index in [9.17, 15) is 13.2 Å². The Morgan fingerprint density at radius 1 is 1.29 bits per heavy atom. The van der Waals surface area contributed by atoms with Gasteiger partial charge in [0.05, 0.1) is 4.90 Å². The van der Waals surface area contributed by atoms with Gasteiger partial charge in [-0.2, -0.15) is 8.42 Å². The number of benzene rings is 1. The average Bonchev–Trinajstić information content (AvgIpc) is 2.30. The van der Waals surface area contributed by atoms with E-state index in [1.165, 1.54) is 31.3 Å². The van der Waals surface area contributed by atoms with Gasteiger partial charge in [-0.1, -0.05) is 24.3 Å². The van der Waals surface area contributed by atoms with Crippen molar-refractivity contribution in [3.8, 4) is 0 Å². The summed E-state index contributed by atoms with van der Waals surface area (Å²) in [6.07, 6.45) is 2.71. The minimum absolute atomic E-state index is 0.000119. The summed E-state index contributed by atoms with van der Waals surface area (Å²) in [5, 5.41) is 0.669. The molecule has 0 atom stereocenters. The third-order valence-electron chi connectivity index (χ3n) is 1.86. The summed E-state index contributed by atoms with van der Waals surface area (Å²) in [7, 11) is -2.71. The summed E-state index contributed by atoms with van der Waals surface area (Å²) in [4.78, 5) is 11.3. The summed E-state index contributed by atoms with van der Waals surface area (Å²) in [5.41, 5.74) is 0. The first kappa shape index (κ1) is 13.4. The lowest BCUT2D eigenvalue weighted by molar-refractivity contribution is -0.145. The molecule has 5 nitrogen and oxygen atoms in total. The van der Waals surface area contributed by atoms with Crippen LogP contribution in [0.15, 0.2) is 47.4 Å². The molecule has 1 rings (SSSR count). The quantitative estimate of drug-likeness (QED) is 0.601. The highest BCUT2D eigenvalue weighted by Gasteiger charge is 2.19. The zero-order valence-electron chi connectivity index (χ0n) is 9.53. The molecule has 0 N–H and O–H groups in total. The molecule has 1 aromatic carbocycles. The molecule has 0 aromatic heterocycles. The van der Waals surface area contributed by atoms with Crippen molar-refractivity contribution < 1.29 is 17.5 Å². The number of carbonyl (C=O) groups excluding carboxylic acids is 1. The van der Waals surface area contributed by atoms with Crippen LogP contribution in [0.3, 0.4) is 0 Å². The molecule has 0 fully saturated rings. The van der Waals surface area contributed by atoms with Gasteiger partial charge in [0, 0.05) is 13.1 Å². The van der Waals surface area contributed by atoms with Crippen molar-refractivity contribution >= 4 is 16.0 Å². The summed E-state index contributed by atoms with van der Waals surface area (Å²) in [6.45, 7) is 1.65. The SMILES string of the molecule is CC=CC(=O)N(C)OS(=O)(=O)c1ccccc1. The number of amides is 1. The van der Waals surface area contributed by atoms with Crippen molar-refractivity contribution in [3.63, 3.8) is 0 Å². The standard InChI is InChI=1S/C11H13NO4S/c1-3-7-11(13)12(2)16-17(14,15)10-8-5-4-6-9-10/h3-9H,1-2H3. The molecular weight excluding hydrogens is 242 g/mol. The van der Waals surface area contributed by atoms with Crippen LogP contribution >= 0.6 is 0 Å². The Bertz CT molecular complexity index is 508. The molecule has 0 aliphatic heterocycles. The molecule has 1 aromatic rings. The number of hydroxylamine groups is 2. The summed E-state index contributed by atoms with van der Waals surface area (Å²) in [6, 6.07) is 7.62. The molecular formula is C11H13NO4S. The van der Waals surface area contributed by atoms with E-state index in [-0.39, 0.29) is 4.90 Å². The van der Waals surface area contributed by atoms with Crippen molar-refractivity contribution in [3.05, 3.63) is 42.5 Å². The zero-order chi connectivity index (χ0) is 12.9. The lowest BCUT2D eigenvalue weighted by atomic mass is 10.4. The van der Waals surface area contributed by atoms with Crippen LogP contribution in [0.4, 0.5) is 0 Å². The van der Waals surface area contributed by atoms with Crippen molar-refractivity contribution in [2.24, 2.45) is 0 Å². The van der Waals surface area contributed by atoms with Gasteiger partial charge in [-0.15, -0.1) is 4.28 Å². The van der Waals surface area contributed by atoms with Gasteiger partial charge in [0.1, 0.15) is 0 Å². The Morgan fingerprint density at radius 2 is 1.88 bits per heavy atom. The third-order valence-corrected chi connectivity index (χ3v) is 3.13. The highest BCUT2D eigenvalue weighted by atomic mass is 32.2. The largest absolute Gasteiger partial charge is 0.317 e. The summed E-state index contributed by atoms with van der Waals surface area (Å²) in [5.74, 6) is -0.549. The maximum absolute atomic E-state index is 11.7. The predicted molar refractivity (Wildman–Crippen MR) is 62.3 cm³/mol. The summed E-state index contributed by atoms with van der Waals surface area (Å²) >= 11 is 0. The van der Waals surface area contributed by atoms with Crippen LogP contribution in [0.5, 0.6) is 0 Å². The number of hydrogen-bond acceptors (Lipinski definition) is 4. The molecule has 1 amide bonds. The molecule has 0 spiro atoms. The molecule has 0 aliphatic rings. The number of hydrogen-bond donors (Lipinski definition) is 0. The lowest BCUT2D eigenvalue weighted by Crippen LogP contribution is -2.28. The fourth-order valence-electron chi connectivity index (χ4n) is 1.06. The van der Waals surface area contributed by atoms with Gasteiger partial charge < -0.3 is 0 Å². The van der Waals surface area contributed by atoms with Gasteiger partial charge >= 0.3 is 10.1 Å². The molecule has 0 saturated carbocycles. The Hall–Kier alpha value is -1.66. The minimum Gasteiger partial charge on any atom is -0.267 e. The fraction of sp³-hybridized carbons (Fsp3) is 0.182. The summed E-state index contributed by atoms with van der Waals surface area (Å²) < 4.78 is 28.1. The van der Waals surface area contributed by atoms with E-state index >= 15 is 0 Å². The van der Waals surface area contributed by atoms with Gasteiger partial charge in [0.25, 0.3) is 5.91 Å². The Balaban J connectivity index is 2.85. The first-order chi connectivity index (χ1) is 7.97. The van der Waals surface area contributed by atoms with Gasteiger partial charge in [-0.3, -0.25) is 4.79 Å². The van der Waals surface area contributed by atoms with E-state index in [1.54, 1.807) is 25.1 Å². The fourth-order valence-corrected chi connectivity index (χ4v) is 2.01. The van der Waals surface area contributed by atoms with Gasteiger partial charge in [-0.25, -0.2) is 5.06 Å². The Kier molecular flexibility index (Phi) is 4.42. The van der Waals surface area contributed by atoms with Crippen LogP contribution in [0.2, 0.25) is 0 Å². The normalized spacial score (nSPS) is 11.6. The first-order valence-electron chi connectivity index (χ1n) is 4.87. The maximum atomic E-state index is 11.7. The molecule has 0 aliphatic carbocycles. The molecule has 0 saturated heterocycles. The first-order valence-corrected chi connectivity index (χ1v) is 6.28. The van der Waals surface area contributed by atoms with Gasteiger partial charge in [0.15, 0.2) is 0 Å². The van der Waals surface area contributed by atoms with Crippen LogP contribution in [-0.2, 0) is 19.2 Å². The van der Waals surface area contributed by atoms with Crippen LogP contribution in [0.25, 0.3) is 0 Å². The number of allylic oxidation sites excluding steroid dienone is 1. The van der Waals surface area contributed by atoms with Crippen LogP contribution < -0.4 is 0 Å². The molecule has 0 unspecified atom stereocenters. The Labute approximate surface area is 100 Å². The Morgan fingerprint density at radius 3 is 2.41 bits per heavy atom. The highest BCUT2D eigenvalue weighted by molar-refractivity contribution is 7.86. The van der Waals surface area contributed by atoms with E-state index in [1.807, 2.05) is 0 Å². The van der Waals surface area contributed by atoms with Gasteiger partial charge in [0.2, 0.25) is 0 Å². The molecule has 6 heteroatoms. The zero-order valence-corrected chi connectivity index (χ0v) is 10.3. The van der Waals surface area contributed by atoms with Crippen molar-refractivity contribution in [1.29, 1.82) is 0 Å². The molecule has 0 radical (unpaired) electrons. The van der Waals surface area contributed by atoms with E-state index in [0.29, 0.717) is 5.06 Å². The second-order valence-electron chi connectivity index (χ2n) is 3.18. The van der Waals surface area contributed by atoms with Crippen molar-refractivity contribution in [1.82, 2.24) is 5.06 Å². The molecule has 92 valence electrons. The van der Waals surface area contributed by atoms with Crippen molar-refractivity contribution in [2.75, 3.05) is 7.05 Å². The van der Waals surface area contributed by atoms with E-state index in [4.69, 9.17) is 0 Å². The van der Waals surface area contributed by atoms with Crippen molar-refractivity contribution in [2.45, 2.75) is 11.8 Å². The monoisotopic (exact) mass is 255 g/mol. The smallest absolute Gasteiger partial charge is 0.267 e. The number of rotatable bonds is 4. The minimum atomic E-state index is -3.95. The lowest BCUT2D eigenvalue weighted by Gasteiger charge is -2.14. The maximum Gasteiger partial charge on any atom is 0.317 e. The molecule has 0 bridgehead atoms. The number of nitrogens with zero attached hydrogens (tertiary/aromatic N) is 1. The molecule has 17 heavy (non-hydrogen) atoms. The predicted octanol–water partition coefficient (Wildman–Crippen LogP) is 1.34. The van der Waals surface area contributed by atoms with Crippen LogP contribution in [0.1, 0.15) is 6.92 Å². The number of carbonyl (C=O) groups is 1. The van der Waals surface area contributed by atoms with E-state index in [0.717, 1.165) is 0 Å². The van der Waals surface area contributed by atoms with Crippen LogP contribution in [-0.4, -0.2) is 26.4 Å².